The van der Waals surface area contributed by atoms with Gasteiger partial charge in [-0.05, 0) is 25.1 Å². The van der Waals surface area contributed by atoms with E-state index in [0.29, 0.717) is 5.56 Å². The number of ketones is 1. The Morgan fingerprint density at radius 2 is 2.08 bits per heavy atom. The molecule has 0 spiro atoms. The number of phenolic OH excluding ortho intramolecular Hbond substituents is 2. The summed E-state index contributed by atoms with van der Waals surface area (Å²) >= 11 is 0. The predicted octanol–water partition coefficient (Wildman–Crippen LogP) is 1.23. The lowest BCUT2D eigenvalue weighted by Gasteiger charge is -2.01. The van der Waals surface area contributed by atoms with E-state index >= 15 is 0 Å². The van der Waals surface area contributed by atoms with E-state index in [-0.39, 0.29) is 23.7 Å². The van der Waals surface area contributed by atoms with Crippen LogP contribution in [0.3, 0.4) is 0 Å². The molecule has 3 nitrogen and oxygen atoms in total. The van der Waals surface area contributed by atoms with Crippen molar-refractivity contribution < 1.29 is 15.0 Å². The van der Waals surface area contributed by atoms with Gasteiger partial charge in [0.1, 0.15) is 17.3 Å². The Morgan fingerprint density at radius 3 is 2.67 bits per heavy atom. The number of carbonyl (C=O) groups is 1. The van der Waals surface area contributed by atoms with Crippen LogP contribution in [0.25, 0.3) is 0 Å². The Kier molecular flexibility index (Phi) is 2.33. The summed E-state index contributed by atoms with van der Waals surface area (Å²) < 4.78 is 0. The Morgan fingerprint density at radius 1 is 1.42 bits per heavy atom. The molecule has 1 aromatic rings. The number of phenols is 2. The van der Waals surface area contributed by atoms with Crippen molar-refractivity contribution in [3.63, 3.8) is 0 Å². The van der Waals surface area contributed by atoms with Gasteiger partial charge < -0.3 is 10.2 Å². The first-order chi connectivity index (χ1) is 5.59. The largest absolute Gasteiger partial charge is 0.508 e. The fourth-order valence-corrected chi connectivity index (χ4v) is 0.982. The maximum atomic E-state index is 10.7. The van der Waals surface area contributed by atoms with Crippen molar-refractivity contribution in [2.75, 3.05) is 0 Å². The van der Waals surface area contributed by atoms with Crippen LogP contribution in [0.5, 0.6) is 11.5 Å². The third kappa shape index (κ3) is 1.99. The Balaban J connectivity index is 2.97. The first kappa shape index (κ1) is 8.59. The van der Waals surface area contributed by atoms with Gasteiger partial charge in [0, 0.05) is 12.0 Å². The van der Waals surface area contributed by atoms with Gasteiger partial charge in [0.05, 0.1) is 0 Å². The molecule has 0 aliphatic carbocycles. The molecule has 2 N–H and O–H groups in total. The molecule has 0 unspecified atom stereocenters. The van der Waals surface area contributed by atoms with Crippen LogP contribution in [0, 0.1) is 0 Å². The van der Waals surface area contributed by atoms with Crippen LogP contribution in [0.2, 0.25) is 0 Å². The topological polar surface area (TPSA) is 57.5 Å². The highest BCUT2D eigenvalue weighted by molar-refractivity contribution is 5.79. The summed E-state index contributed by atoms with van der Waals surface area (Å²) in [6.45, 7) is 1.43. The highest BCUT2D eigenvalue weighted by Crippen LogP contribution is 2.22. The van der Waals surface area contributed by atoms with Gasteiger partial charge in [-0.15, -0.1) is 0 Å². The van der Waals surface area contributed by atoms with Crippen molar-refractivity contribution in [2.24, 2.45) is 0 Å². The maximum absolute atomic E-state index is 10.7. The Bertz CT molecular complexity index is 305. The standard InChI is InChI=1S/C9H10O3/c1-6(10)4-7-5-8(11)2-3-9(7)12/h2-3,5,11-12H,4H2,1H3. The van der Waals surface area contributed by atoms with Gasteiger partial charge in [0.25, 0.3) is 0 Å². The van der Waals surface area contributed by atoms with Crippen LogP contribution in [0.1, 0.15) is 12.5 Å². The minimum Gasteiger partial charge on any atom is -0.508 e. The average molecular weight is 166 g/mol. The highest BCUT2D eigenvalue weighted by atomic mass is 16.3. The van der Waals surface area contributed by atoms with Crippen LogP contribution >= 0.6 is 0 Å². The predicted molar refractivity (Wildman–Crippen MR) is 44.2 cm³/mol. The lowest BCUT2D eigenvalue weighted by molar-refractivity contribution is -0.116. The monoisotopic (exact) mass is 166 g/mol. The molecule has 64 valence electrons. The summed E-state index contributed by atoms with van der Waals surface area (Å²) in [5, 5.41) is 18.2. The number of aromatic hydroxyl groups is 2. The lowest BCUT2D eigenvalue weighted by Crippen LogP contribution is -1.96. The molecular formula is C9H10O3. The van der Waals surface area contributed by atoms with Gasteiger partial charge in [-0.3, -0.25) is 4.79 Å². The van der Waals surface area contributed by atoms with Gasteiger partial charge in [-0.2, -0.15) is 0 Å². The zero-order valence-corrected chi connectivity index (χ0v) is 6.74. The van der Waals surface area contributed by atoms with E-state index < -0.39 is 0 Å². The van der Waals surface area contributed by atoms with E-state index in [2.05, 4.69) is 0 Å². The van der Waals surface area contributed by atoms with Crippen LogP contribution in [0.4, 0.5) is 0 Å². The average Bonchev–Trinajstić information content (AvgIpc) is 1.96. The summed E-state index contributed by atoms with van der Waals surface area (Å²) in [5.74, 6) is 0.0583. The summed E-state index contributed by atoms with van der Waals surface area (Å²) in [5.41, 5.74) is 0.461. The van der Waals surface area contributed by atoms with E-state index in [1.54, 1.807) is 0 Å². The quantitative estimate of drug-likeness (QED) is 0.649. The molecule has 0 fully saturated rings. The molecule has 1 aromatic carbocycles. The summed E-state index contributed by atoms with van der Waals surface area (Å²) in [6, 6.07) is 4.13. The molecule has 0 aliphatic heterocycles. The molecule has 0 aliphatic rings. The van der Waals surface area contributed by atoms with Crippen LogP contribution < -0.4 is 0 Å². The normalized spacial score (nSPS) is 9.75. The van der Waals surface area contributed by atoms with Crippen LogP contribution in [0.15, 0.2) is 18.2 Å². The van der Waals surface area contributed by atoms with E-state index in [9.17, 15) is 9.90 Å². The molecule has 0 radical (unpaired) electrons. The van der Waals surface area contributed by atoms with Crippen LogP contribution in [-0.4, -0.2) is 16.0 Å². The second-order valence-electron chi connectivity index (χ2n) is 2.69. The maximum Gasteiger partial charge on any atom is 0.134 e. The minimum atomic E-state index is -0.0455. The van der Waals surface area contributed by atoms with E-state index in [0.717, 1.165) is 0 Å². The third-order valence-corrected chi connectivity index (χ3v) is 1.50. The summed E-state index contributed by atoms with van der Waals surface area (Å²) in [6.07, 6.45) is 0.153. The van der Waals surface area contributed by atoms with E-state index in [1.807, 2.05) is 0 Å². The highest BCUT2D eigenvalue weighted by Gasteiger charge is 2.04. The summed E-state index contributed by atoms with van der Waals surface area (Å²) in [7, 11) is 0. The molecule has 0 saturated heterocycles. The van der Waals surface area contributed by atoms with Crippen molar-refractivity contribution in [3.8, 4) is 11.5 Å². The number of benzene rings is 1. The molecular weight excluding hydrogens is 156 g/mol. The second-order valence-corrected chi connectivity index (χ2v) is 2.69. The summed E-state index contributed by atoms with van der Waals surface area (Å²) in [4.78, 5) is 10.7. The molecule has 3 heteroatoms. The SMILES string of the molecule is CC(=O)Cc1cc(O)ccc1O. The van der Waals surface area contributed by atoms with Crippen molar-refractivity contribution in [1.82, 2.24) is 0 Å². The molecule has 0 bridgehead atoms. The van der Waals surface area contributed by atoms with Crippen molar-refractivity contribution >= 4 is 5.78 Å². The number of rotatable bonds is 2. The van der Waals surface area contributed by atoms with Gasteiger partial charge in [-0.1, -0.05) is 0 Å². The first-order valence-corrected chi connectivity index (χ1v) is 3.60. The van der Waals surface area contributed by atoms with Crippen molar-refractivity contribution in [1.29, 1.82) is 0 Å². The molecule has 12 heavy (non-hydrogen) atoms. The molecule has 0 amide bonds. The minimum absolute atomic E-state index is 0.0444. The molecule has 1 rings (SSSR count). The lowest BCUT2D eigenvalue weighted by atomic mass is 10.1. The van der Waals surface area contributed by atoms with Gasteiger partial charge in [0.2, 0.25) is 0 Å². The van der Waals surface area contributed by atoms with E-state index in [1.165, 1.54) is 25.1 Å². The van der Waals surface area contributed by atoms with Gasteiger partial charge >= 0.3 is 0 Å². The molecule has 0 atom stereocenters. The smallest absolute Gasteiger partial charge is 0.134 e. The zero-order chi connectivity index (χ0) is 9.14. The fourth-order valence-electron chi connectivity index (χ4n) is 0.982. The van der Waals surface area contributed by atoms with Crippen molar-refractivity contribution in [3.05, 3.63) is 23.8 Å². The zero-order valence-electron chi connectivity index (χ0n) is 6.74. The Labute approximate surface area is 70.3 Å². The van der Waals surface area contributed by atoms with Gasteiger partial charge in [-0.25, -0.2) is 0 Å². The van der Waals surface area contributed by atoms with Gasteiger partial charge in [0.15, 0.2) is 0 Å². The third-order valence-electron chi connectivity index (χ3n) is 1.50. The number of carbonyl (C=O) groups excluding carboxylic acids is 1. The number of hydrogen-bond acceptors (Lipinski definition) is 3. The second kappa shape index (κ2) is 3.26. The number of hydrogen-bond donors (Lipinski definition) is 2. The van der Waals surface area contributed by atoms with E-state index in [4.69, 9.17) is 5.11 Å². The molecule has 0 saturated carbocycles. The molecule has 0 aromatic heterocycles. The first-order valence-electron chi connectivity index (χ1n) is 3.60. The van der Waals surface area contributed by atoms with Crippen molar-refractivity contribution in [2.45, 2.75) is 13.3 Å². The fraction of sp³-hybridized carbons (Fsp3) is 0.222. The number of Topliss-reactive ketones (excluding diaryl/α,β-unsaturated/α-hetero) is 1. The van der Waals surface area contributed by atoms with Crippen LogP contribution in [-0.2, 0) is 11.2 Å². The Hall–Kier alpha value is -1.51. The molecule has 0 heterocycles.